The summed E-state index contributed by atoms with van der Waals surface area (Å²) < 4.78 is 0. The quantitative estimate of drug-likeness (QED) is 0.764. The molecular weight excluding hydrogens is 196 g/mol. The van der Waals surface area contributed by atoms with Crippen LogP contribution < -0.4 is 10.2 Å². The van der Waals surface area contributed by atoms with Gasteiger partial charge in [0, 0.05) is 26.3 Å². The maximum Gasteiger partial charge on any atom is 0.0397 e. The zero-order chi connectivity index (χ0) is 9.26. The number of nitrogens with zero attached hydrogens (tertiary/aromatic N) is 1. The van der Waals surface area contributed by atoms with E-state index in [1.54, 1.807) is 0 Å². The van der Waals surface area contributed by atoms with E-state index in [0.29, 0.717) is 0 Å². The summed E-state index contributed by atoms with van der Waals surface area (Å²) in [6.45, 7) is 2.13. The molecule has 0 aliphatic carbocycles. The summed E-state index contributed by atoms with van der Waals surface area (Å²) in [7, 11) is 4.22. The van der Waals surface area contributed by atoms with Gasteiger partial charge in [0.1, 0.15) is 0 Å². The van der Waals surface area contributed by atoms with Crippen LogP contribution in [0.15, 0.2) is 18.2 Å². The molecule has 2 rings (SSSR count). The Morgan fingerprint density at radius 3 is 2.79 bits per heavy atom. The molecule has 0 radical (unpaired) electrons. The van der Waals surface area contributed by atoms with Gasteiger partial charge in [-0.05, 0) is 30.2 Å². The lowest BCUT2D eigenvalue weighted by atomic mass is 9.99. The lowest BCUT2D eigenvalue weighted by molar-refractivity contribution is 0.643. The first kappa shape index (κ1) is 11.3. The van der Waals surface area contributed by atoms with E-state index in [4.69, 9.17) is 0 Å². The fourth-order valence-electron chi connectivity index (χ4n) is 1.93. The lowest BCUT2D eigenvalue weighted by Gasteiger charge is -2.24. The highest BCUT2D eigenvalue weighted by Gasteiger charge is 2.12. The zero-order valence-electron chi connectivity index (χ0n) is 8.71. The topological polar surface area (TPSA) is 15.3 Å². The molecule has 1 aliphatic rings. The molecule has 0 saturated carbocycles. The third-order valence-corrected chi connectivity index (χ3v) is 2.60. The van der Waals surface area contributed by atoms with Crippen molar-refractivity contribution in [1.82, 2.24) is 5.32 Å². The van der Waals surface area contributed by atoms with Gasteiger partial charge in [-0.2, -0.15) is 0 Å². The molecule has 14 heavy (non-hydrogen) atoms. The molecule has 3 heteroatoms. The van der Waals surface area contributed by atoms with Gasteiger partial charge in [0.05, 0.1) is 0 Å². The molecule has 1 aromatic rings. The second-order valence-corrected chi connectivity index (χ2v) is 3.74. The maximum absolute atomic E-state index is 3.39. The van der Waals surface area contributed by atoms with Crippen LogP contribution >= 0.6 is 12.4 Å². The van der Waals surface area contributed by atoms with Crippen LogP contribution in [0.3, 0.4) is 0 Å². The number of anilines is 1. The molecule has 2 nitrogen and oxygen atoms in total. The van der Waals surface area contributed by atoms with Crippen LogP contribution in [0.1, 0.15) is 11.1 Å². The van der Waals surface area contributed by atoms with Gasteiger partial charge in [-0.3, -0.25) is 0 Å². The first-order chi connectivity index (χ1) is 6.29. The van der Waals surface area contributed by atoms with Crippen molar-refractivity contribution >= 4 is 18.1 Å². The largest absolute Gasteiger partial charge is 0.377 e. The van der Waals surface area contributed by atoms with Crippen molar-refractivity contribution in [2.24, 2.45) is 0 Å². The molecule has 0 bridgehead atoms. The van der Waals surface area contributed by atoms with Crippen LogP contribution in [0.4, 0.5) is 5.69 Å². The van der Waals surface area contributed by atoms with Crippen LogP contribution in [0.2, 0.25) is 0 Å². The maximum atomic E-state index is 3.39. The fraction of sp³-hybridized carbons (Fsp3) is 0.455. The van der Waals surface area contributed by atoms with E-state index >= 15 is 0 Å². The normalized spacial score (nSPS) is 14.1. The Bertz CT molecular complexity index is 310. The van der Waals surface area contributed by atoms with E-state index in [1.165, 1.54) is 16.8 Å². The highest BCUT2D eigenvalue weighted by molar-refractivity contribution is 5.85. The molecular formula is C11H17ClN2. The smallest absolute Gasteiger partial charge is 0.0397 e. The molecule has 0 amide bonds. The Hall–Kier alpha value is -0.730. The van der Waals surface area contributed by atoms with Gasteiger partial charge in [0.25, 0.3) is 0 Å². The number of fused-ring (bicyclic) bond motifs is 1. The first-order valence-corrected chi connectivity index (χ1v) is 4.78. The molecule has 1 aromatic carbocycles. The zero-order valence-corrected chi connectivity index (χ0v) is 9.53. The minimum Gasteiger partial charge on any atom is -0.377 e. The molecule has 0 unspecified atom stereocenters. The molecule has 0 saturated heterocycles. The average Bonchev–Trinajstić information content (AvgIpc) is 2.17. The third kappa shape index (κ3) is 2.02. The van der Waals surface area contributed by atoms with E-state index in [1.807, 2.05) is 0 Å². The predicted molar refractivity (Wildman–Crippen MR) is 63.4 cm³/mol. The third-order valence-electron chi connectivity index (χ3n) is 2.60. The highest BCUT2D eigenvalue weighted by atomic mass is 35.5. The van der Waals surface area contributed by atoms with Crippen LogP contribution in [0, 0.1) is 0 Å². The van der Waals surface area contributed by atoms with E-state index < -0.39 is 0 Å². The summed E-state index contributed by atoms with van der Waals surface area (Å²) in [5.74, 6) is 0. The van der Waals surface area contributed by atoms with E-state index in [2.05, 4.69) is 42.5 Å². The van der Waals surface area contributed by atoms with Crippen molar-refractivity contribution in [3.05, 3.63) is 29.3 Å². The van der Waals surface area contributed by atoms with Crippen molar-refractivity contribution in [2.45, 2.75) is 13.0 Å². The minimum absolute atomic E-state index is 0. The number of hydrogen-bond acceptors (Lipinski definition) is 2. The minimum atomic E-state index is 0. The summed E-state index contributed by atoms with van der Waals surface area (Å²) >= 11 is 0. The number of hydrogen-bond donors (Lipinski definition) is 1. The first-order valence-electron chi connectivity index (χ1n) is 4.78. The van der Waals surface area contributed by atoms with Crippen molar-refractivity contribution < 1.29 is 0 Å². The van der Waals surface area contributed by atoms with Gasteiger partial charge in [0.2, 0.25) is 0 Å². The molecule has 0 atom stereocenters. The summed E-state index contributed by atoms with van der Waals surface area (Å²) in [4.78, 5) is 2.20. The van der Waals surface area contributed by atoms with Gasteiger partial charge in [-0.1, -0.05) is 12.1 Å². The average molecular weight is 213 g/mol. The molecule has 1 N–H and O–H groups in total. The second-order valence-electron chi connectivity index (χ2n) is 3.74. The van der Waals surface area contributed by atoms with Crippen molar-refractivity contribution in [1.29, 1.82) is 0 Å². The van der Waals surface area contributed by atoms with Gasteiger partial charge in [0.15, 0.2) is 0 Å². The number of nitrogens with one attached hydrogen (secondary N) is 1. The Kier molecular flexibility index (Phi) is 3.78. The second kappa shape index (κ2) is 4.67. The van der Waals surface area contributed by atoms with Gasteiger partial charge in [-0.25, -0.2) is 0 Å². The van der Waals surface area contributed by atoms with Gasteiger partial charge < -0.3 is 10.2 Å². The summed E-state index contributed by atoms with van der Waals surface area (Å²) in [6.07, 6.45) is 1.16. The van der Waals surface area contributed by atoms with E-state index in [-0.39, 0.29) is 12.4 Å². The van der Waals surface area contributed by atoms with Crippen molar-refractivity contribution in [3.63, 3.8) is 0 Å². The van der Waals surface area contributed by atoms with Crippen molar-refractivity contribution in [3.8, 4) is 0 Å². The van der Waals surface area contributed by atoms with Crippen LogP contribution in [0.25, 0.3) is 0 Å². The summed E-state index contributed by atoms with van der Waals surface area (Å²) in [5.41, 5.74) is 4.35. The molecule has 1 aliphatic heterocycles. The van der Waals surface area contributed by atoms with E-state index in [9.17, 15) is 0 Å². The summed E-state index contributed by atoms with van der Waals surface area (Å²) in [6, 6.07) is 6.56. The van der Waals surface area contributed by atoms with Crippen molar-refractivity contribution in [2.75, 3.05) is 25.5 Å². The SMILES string of the molecule is CN(C)c1cccc2c1CCNC2.Cl. The summed E-state index contributed by atoms with van der Waals surface area (Å²) in [5, 5.41) is 3.39. The number of halogens is 1. The van der Waals surface area contributed by atoms with E-state index in [0.717, 1.165) is 19.5 Å². The molecule has 0 aromatic heterocycles. The van der Waals surface area contributed by atoms with Crippen LogP contribution in [-0.2, 0) is 13.0 Å². The monoisotopic (exact) mass is 212 g/mol. The van der Waals surface area contributed by atoms with Gasteiger partial charge >= 0.3 is 0 Å². The Labute approximate surface area is 91.7 Å². The lowest BCUT2D eigenvalue weighted by Crippen LogP contribution is -2.25. The Morgan fingerprint density at radius 2 is 2.07 bits per heavy atom. The predicted octanol–water partition coefficient (Wildman–Crippen LogP) is 1.82. The Balaban J connectivity index is 0.000000980. The molecule has 0 fully saturated rings. The standard InChI is InChI=1S/C11H16N2.ClH/c1-13(2)11-5-3-4-9-8-12-7-6-10(9)11;/h3-5,12H,6-8H2,1-2H3;1H. The molecule has 1 heterocycles. The Morgan fingerprint density at radius 1 is 1.29 bits per heavy atom. The van der Waals surface area contributed by atoms with Crippen LogP contribution in [0.5, 0.6) is 0 Å². The fourth-order valence-corrected chi connectivity index (χ4v) is 1.93. The number of rotatable bonds is 1. The molecule has 78 valence electrons. The van der Waals surface area contributed by atoms with Crippen LogP contribution in [-0.4, -0.2) is 20.6 Å². The molecule has 0 spiro atoms. The highest BCUT2D eigenvalue weighted by Crippen LogP contribution is 2.24. The van der Waals surface area contributed by atoms with Gasteiger partial charge in [-0.15, -0.1) is 12.4 Å². The number of benzene rings is 1.